The smallest absolute Gasteiger partial charge is 0.321 e. The van der Waals surface area contributed by atoms with Crippen LogP contribution in [0.25, 0.3) is 6.08 Å². The van der Waals surface area contributed by atoms with Crippen LogP contribution in [0, 0.1) is 0 Å². The normalized spacial score (nSPS) is 14.9. The highest BCUT2D eigenvalue weighted by Gasteiger charge is 2.27. The van der Waals surface area contributed by atoms with E-state index in [1.807, 2.05) is 0 Å². The van der Waals surface area contributed by atoms with Gasteiger partial charge < -0.3 is 4.74 Å². The van der Waals surface area contributed by atoms with Crippen LogP contribution in [0.2, 0.25) is 0 Å². The molecule has 0 spiro atoms. The molecule has 1 fully saturated rings. The van der Waals surface area contributed by atoms with Crippen LogP contribution in [0.3, 0.4) is 0 Å². The maximum Gasteiger partial charge on any atom is 0.321 e. The highest BCUT2D eigenvalue weighted by Crippen LogP contribution is 2.09. The first-order valence-corrected chi connectivity index (χ1v) is 9.13. The van der Waals surface area contributed by atoms with Crippen molar-refractivity contribution >= 4 is 33.9 Å². The lowest BCUT2D eigenvalue weighted by atomic mass is 10.2. The molecule has 1 aromatic carbocycles. The minimum atomic E-state index is -3.82. The zero-order valence-corrected chi connectivity index (χ0v) is 14.2. The predicted octanol–water partition coefficient (Wildman–Crippen LogP) is 0.269. The summed E-state index contributed by atoms with van der Waals surface area (Å²) in [6.07, 6.45) is 2.27. The molecule has 25 heavy (non-hydrogen) atoms. The highest BCUT2D eigenvalue weighted by atomic mass is 32.2. The van der Waals surface area contributed by atoms with E-state index in [1.54, 1.807) is 30.3 Å². The minimum Gasteiger partial charge on any atom is -0.455 e. The number of benzene rings is 1. The number of sulfonamides is 1. The van der Waals surface area contributed by atoms with Crippen LogP contribution in [-0.2, 0) is 29.1 Å². The number of amides is 2. The van der Waals surface area contributed by atoms with Crippen molar-refractivity contribution in [3.8, 4) is 0 Å². The summed E-state index contributed by atoms with van der Waals surface area (Å²) in [4.78, 5) is 35.6. The Morgan fingerprint density at radius 3 is 2.60 bits per heavy atom. The largest absolute Gasteiger partial charge is 0.455 e. The fourth-order valence-electron chi connectivity index (χ4n) is 2.12. The summed E-state index contributed by atoms with van der Waals surface area (Å²) in [5.41, 5.74) is 0.691. The molecule has 1 aliphatic rings. The van der Waals surface area contributed by atoms with E-state index in [0.717, 1.165) is 10.3 Å². The third-order valence-corrected chi connectivity index (χ3v) is 4.43. The summed E-state index contributed by atoms with van der Waals surface area (Å²) in [5, 5.41) is 0.934. The highest BCUT2D eigenvalue weighted by molar-refractivity contribution is 7.92. The molecule has 0 saturated carbocycles. The number of esters is 1. The molecule has 0 aromatic heterocycles. The lowest BCUT2D eigenvalue weighted by Crippen LogP contribution is -2.37. The number of hydrogen-bond acceptors (Lipinski definition) is 6. The number of nitrogens with one attached hydrogen (secondary N) is 1. The molecule has 2 amide bonds. The topological polar surface area (TPSA) is 110 Å². The van der Waals surface area contributed by atoms with E-state index in [0.29, 0.717) is 24.9 Å². The summed E-state index contributed by atoms with van der Waals surface area (Å²) in [6.45, 7) is -0.888. The van der Waals surface area contributed by atoms with Gasteiger partial charge in [0.1, 0.15) is 6.54 Å². The molecule has 0 bridgehead atoms. The summed E-state index contributed by atoms with van der Waals surface area (Å²) in [6, 6.07) is 8.78. The van der Waals surface area contributed by atoms with Gasteiger partial charge in [-0.15, -0.1) is 0 Å². The van der Waals surface area contributed by atoms with Crippen molar-refractivity contribution in [2.24, 2.45) is 0 Å². The quantitative estimate of drug-likeness (QED) is 0.694. The monoisotopic (exact) mass is 366 g/mol. The molecule has 1 aromatic rings. The van der Waals surface area contributed by atoms with E-state index in [4.69, 9.17) is 0 Å². The molecule has 9 heteroatoms. The Labute approximate surface area is 145 Å². The van der Waals surface area contributed by atoms with Gasteiger partial charge in [0, 0.05) is 18.4 Å². The Morgan fingerprint density at radius 1 is 1.24 bits per heavy atom. The van der Waals surface area contributed by atoms with Crippen molar-refractivity contribution < 1.29 is 27.5 Å². The average molecular weight is 366 g/mol. The van der Waals surface area contributed by atoms with Gasteiger partial charge in [-0.3, -0.25) is 19.3 Å². The van der Waals surface area contributed by atoms with Crippen molar-refractivity contribution in [2.75, 3.05) is 19.7 Å². The molecule has 1 saturated heterocycles. The van der Waals surface area contributed by atoms with Crippen molar-refractivity contribution in [2.45, 2.75) is 12.8 Å². The van der Waals surface area contributed by atoms with Crippen molar-refractivity contribution in [1.29, 1.82) is 0 Å². The molecule has 1 heterocycles. The van der Waals surface area contributed by atoms with Crippen molar-refractivity contribution in [3.05, 3.63) is 41.3 Å². The summed E-state index contributed by atoms with van der Waals surface area (Å²) in [5.74, 6) is -1.81. The second kappa shape index (κ2) is 8.54. The number of ether oxygens (including phenoxy) is 1. The third kappa shape index (κ3) is 6.12. The van der Waals surface area contributed by atoms with E-state index in [9.17, 15) is 22.8 Å². The van der Waals surface area contributed by atoms with Crippen LogP contribution in [0.4, 0.5) is 0 Å². The molecule has 0 unspecified atom stereocenters. The molecule has 0 radical (unpaired) electrons. The Bertz CT molecular complexity index is 773. The van der Waals surface area contributed by atoms with E-state index in [1.165, 1.54) is 6.08 Å². The van der Waals surface area contributed by atoms with Gasteiger partial charge in [-0.05, 0) is 18.1 Å². The zero-order valence-electron chi connectivity index (χ0n) is 13.4. The maximum atomic E-state index is 11.8. The van der Waals surface area contributed by atoms with Crippen molar-refractivity contribution in [1.82, 2.24) is 9.62 Å². The van der Waals surface area contributed by atoms with Crippen LogP contribution >= 0.6 is 0 Å². The number of hydrogen-bond donors (Lipinski definition) is 1. The fraction of sp³-hybridized carbons (Fsp3) is 0.312. The van der Waals surface area contributed by atoms with Gasteiger partial charge in [-0.2, -0.15) is 0 Å². The molecule has 134 valence electrons. The van der Waals surface area contributed by atoms with Crippen LogP contribution in [-0.4, -0.2) is 50.8 Å². The number of carbonyl (C=O) groups excluding carboxylic acids is 3. The molecule has 1 N–H and O–H groups in total. The summed E-state index contributed by atoms with van der Waals surface area (Å²) < 4.78 is 30.3. The van der Waals surface area contributed by atoms with E-state index >= 15 is 0 Å². The van der Waals surface area contributed by atoms with Crippen LogP contribution in [0.1, 0.15) is 18.4 Å². The minimum absolute atomic E-state index is 0.298. The van der Waals surface area contributed by atoms with Gasteiger partial charge >= 0.3 is 5.97 Å². The second-order valence-corrected chi connectivity index (χ2v) is 6.93. The first-order chi connectivity index (χ1) is 11.9. The second-order valence-electron chi connectivity index (χ2n) is 5.28. The number of likely N-dealkylation sites (tertiary alicyclic amines) is 1. The zero-order chi connectivity index (χ0) is 18.3. The molecule has 1 aliphatic heterocycles. The van der Waals surface area contributed by atoms with Crippen LogP contribution < -0.4 is 4.72 Å². The fourth-order valence-corrected chi connectivity index (χ4v) is 2.87. The molecule has 8 nitrogen and oxygen atoms in total. The Morgan fingerprint density at radius 2 is 1.96 bits per heavy atom. The first-order valence-electron chi connectivity index (χ1n) is 7.59. The lowest BCUT2D eigenvalue weighted by Gasteiger charge is -2.13. The molecular formula is C16H18N2O6S. The standard InChI is InChI=1S/C16H18N2O6S/c19-14-7-4-9-18(14)15(20)12-24-16(21)11-17-25(22,23)10-8-13-5-2-1-3-6-13/h1-3,5-6,8,10,17H,4,7,9,11-12H2/b10-8+. The summed E-state index contributed by atoms with van der Waals surface area (Å²) >= 11 is 0. The van der Waals surface area contributed by atoms with Gasteiger partial charge in [0.25, 0.3) is 5.91 Å². The van der Waals surface area contributed by atoms with Gasteiger partial charge in [0.05, 0.1) is 0 Å². The lowest BCUT2D eigenvalue weighted by molar-refractivity contribution is -0.153. The Hall–Kier alpha value is -2.52. The molecule has 2 rings (SSSR count). The van der Waals surface area contributed by atoms with Crippen molar-refractivity contribution in [3.63, 3.8) is 0 Å². The predicted molar refractivity (Wildman–Crippen MR) is 89.3 cm³/mol. The van der Waals surface area contributed by atoms with Gasteiger partial charge in [0.2, 0.25) is 15.9 Å². The molecular weight excluding hydrogens is 348 g/mol. The maximum absolute atomic E-state index is 11.8. The number of carbonyl (C=O) groups is 3. The third-order valence-electron chi connectivity index (χ3n) is 3.39. The van der Waals surface area contributed by atoms with E-state index in [-0.39, 0.29) is 5.91 Å². The van der Waals surface area contributed by atoms with Crippen LogP contribution in [0.5, 0.6) is 0 Å². The Balaban J connectivity index is 1.76. The first kappa shape index (κ1) is 18.8. The van der Waals surface area contributed by atoms with Gasteiger partial charge in [-0.1, -0.05) is 30.3 Å². The molecule has 0 atom stereocenters. The molecule has 0 aliphatic carbocycles. The van der Waals surface area contributed by atoms with E-state index in [2.05, 4.69) is 9.46 Å². The van der Waals surface area contributed by atoms with Gasteiger partial charge in [-0.25, -0.2) is 13.1 Å². The summed E-state index contributed by atoms with van der Waals surface area (Å²) in [7, 11) is -3.82. The van der Waals surface area contributed by atoms with Crippen LogP contribution in [0.15, 0.2) is 35.7 Å². The van der Waals surface area contributed by atoms with E-state index < -0.39 is 35.1 Å². The number of imide groups is 1. The SMILES string of the molecule is O=C(CNS(=O)(=O)/C=C/c1ccccc1)OCC(=O)N1CCCC1=O. The average Bonchev–Trinajstić information content (AvgIpc) is 3.03. The number of rotatable bonds is 7. The van der Waals surface area contributed by atoms with Gasteiger partial charge in [0.15, 0.2) is 6.61 Å². The number of nitrogens with zero attached hydrogens (tertiary/aromatic N) is 1. The Kier molecular flexibility index (Phi) is 6.43.